The number of piperidine rings is 1. The molecule has 0 bridgehead atoms. The van der Waals surface area contributed by atoms with Crippen LogP contribution in [0, 0.1) is 6.92 Å². The predicted molar refractivity (Wildman–Crippen MR) is 76.8 cm³/mol. The van der Waals surface area contributed by atoms with E-state index in [0.29, 0.717) is 31.8 Å². The highest BCUT2D eigenvalue weighted by Crippen LogP contribution is 2.22. The molecule has 1 fully saturated rings. The lowest BCUT2D eigenvalue weighted by molar-refractivity contribution is 0.0121. The van der Waals surface area contributed by atoms with Gasteiger partial charge in [-0.3, -0.25) is 4.79 Å². The second kappa shape index (κ2) is 6.72. The van der Waals surface area contributed by atoms with Crippen LogP contribution in [0.25, 0.3) is 0 Å². The van der Waals surface area contributed by atoms with E-state index in [9.17, 15) is 9.90 Å². The second-order valence-electron chi connectivity index (χ2n) is 5.17. The van der Waals surface area contributed by atoms with Gasteiger partial charge in [-0.1, -0.05) is 6.07 Å². The number of nitrogens with zero attached hydrogens (tertiary/aromatic N) is 1. The summed E-state index contributed by atoms with van der Waals surface area (Å²) in [5, 5.41) is 9.87. The minimum absolute atomic E-state index is 0.0523. The fourth-order valence-electron chi connectivity index (χ4n) is 2.45. The molecule has 1 saturated heterocycles. The highest BCUT2D eigenvalue weighted by Gasteiger charge is 2.25. The maximum atomic E-state index is 12.4. The van der Waals surface area contributed by atoms with Crippen LogP contribution in [0.15, 0.2) is 18.2 Å². The Kier molecular flexibility index (Phi) is 4.98. The Morgan fingerprint density at radius 2 is 2.15 bits per heavy atom. The van der Waals surface area contributed by atoms with Gasteiger partial charge < -0.3 is 20.5 Å². The minimum Gasteiger partial charge on any atom is -0.507 e. The van der Waals surface area contributed by atoms with Gasteiger partial charge in [0.25, 0.3) is 5.91 Å². The first-order valence-corrected chi connectivity index (χ1v) is 7.02. The summed E-state index contributed by atoms with van der Waals surface area (Å²) in [6.45, 7) is 4.28. The third-order valence-electron chi connectivity index (χ3n) is 3.58. The smallest absolute Gasteiger partial charge is 0.257 e. The molecule has 1 heterocycles. The number of hydrogen-bond donors (Lipinski definition) is 2. The van der Waals surface area contributed by atoms with Gasteiger partial charge >= 0.3 is 0 Å². The molecule has 0 atom stereocenters. The van der Waals surface area contributed by atoms with Crippen LogP contribution in [0.5, 0.6) is 5.75 Å². The van der Waals surface area contributed by atoms with Gasteiger partial charge in [-0.25, -0.2) is 0 Å². The molecular formula is C15H22N2O3. The van der Waals surface area contributed by atoms with Gasteiger partial charge in [0.05, 0.1) is 18.3 Å². The molecule has 110 valence electrons. The summed E-state index contributed by atoms with van der Waals surface area (Å²) in [4.78, 5) is 14.1. The number of benzene rings is 1. The first-order valence-electron chi connectivity index (χ1n) is 7.02. The SMILES string of the molecule is Cc1ccc(C(=O)N2CCC(OCCN)CC2)c(O)c1. The number of aromatic hydroxyl groups is 1. The number of phenols is 1. The number of hydrogen-bond acceptors (Lipinski definition) is 4. The highest BCUT2D eigenvalue weighted by atomic mass is 16.5. The van der Waals surface area contributed by atoms with Crippen molar-refractivity contribution in [1.29, 1.82) is 0 Å². The third kappa shape index (κ3) is 3.49. The molecule has 2 rings (SSSR count). The van der Waals surface area contributed by atoms with Crippen molar-refractivity contribution in [1.82, 2.24) is 4.90 Å². The van der Waals surface area contributed by atoms with Crippen LogP contribution in [0.4, 0.5) is 0 Å². The summed E-state index contributed by atoms with van der Waals surface area (Å²) >= 11 is 0. The van der Waals surface area contributed by atoms with Crippen LogP contribution < -0.4 is 5.73 Å². The number of nitrogens with two attached hydrogens (primary N) is 1. The Labute approximate surface area is 119 Å². The fourth-order valence-corrected chi connectivity index (χ4v) is 2.45. The number of rotatable bonds is 4. The van der Waals surface area contributed by atoms with Crippen molar-refractivity contribution in [2.24, 2.45) is 5.73 Å². The maximum absolute atomic E-state index is 12.4. The molecule has 5 heteroatoms. The van der Waals surface area contributed by atoms with E-state index in [1.54, 1.807) is 17.0 Å². The number of likely N-dealkylation sites (tertiary alicyclic amines) is 1. The van der Waals surface area contributed by atoms with Crippen LogP contribution in [-0.2, 0) is 4.74 Å². The molecule has 20 heavy (non-hydrogen) atoms. The topological polar surface area (TPSA) is 75.8 Å². The Balaban J connectivity index is 1.94. The summed E-state index contributed by atoms with van der Waals surface area (Å²) in [5.41, 5.74) is 6.72. The molecule has 1 aromatic rings. The van der Waals surface area contributed by atoms with E-state index in [2.05, 4.69) is 0 Å². The molecule has 0 unspecified atom stereocenters. The van der Waals surface area contributed by atoms with Gasteiger partial charge in [0, 0.05) is 19.6 Å². The molecule has 1 aliphatic rings. The van der Waals surface area contributed by atoms with Crippen molar-refractivity contribution in [3.63, 3.8) is 0 Å². The zero-order chi connectivity index (χ0) is 14.5. The standard InChI is InChI=1S/C15H22N2O3/c1-11-2-3-13(14(18)10-11)15(19)17-7-4-12(5-8-17)20-9-6-16/h2-3,10,12,18H,4-9,16H2,1H3. The molecule has 0 aliphatic carbocycles. The Morgan fingerprint density at radius 1 is 1.45 bits per heavy atom. The molecule has 0 spiro atoms. The molecule has 1 amide bonds. The van der Waals surface area contributed by atoms with Gasteiger partial charge in [-0.05, 0) is 37.5 Å². The van der Waals surface area contributed by atoms with Crippen LogP contribution in [-0.4, -0.2) is 48.3 Å². The van der Waals surface area contributed by atoms with Crippen molar-refractivity contribution in [2.45, 2.75) is 25.9 Å². The van der Waals surface area contributed by atoms with Gasteiger partial charge in [-0.2, -0.15) is 0 Å². The van der Waals surface area contributed by atoms with Crippen LogP contribution in [0.3, 0.4) is 0 Å². The zero-order valence-corrected chi connectivity index (χ0v) is 11.8. The third-order valence-corrected chi connectivity index (χ3v) is 3.58. The normalized spacial score (nSPS) is 16.4. The van der Waals surface area contributed by atoms with Crippen molar-refractivity contribution >= 4 is 5.91 Å². The van der Waals surface area contributed by atoms with E-state index in [1.165, 1.54) is 0 Å². The molecular weight excluding hydrogens is 256 g/mol. The number of amides is 1. The summed E-state index contributed by atoms with van der Waals surface area (Å²) in [5.74, 6) is -0.0590. The van der Waals surface area contributed by atoms with Gasteiger partial charge in [0.2, 0.25) is 0 Å². The largest absolute Gasteiger partial charge is 0.507 e. The second-order valence-corrected chi connectivity index (χ2v) is 5.17. The molecule has 0 saturated carbocycles. The Hall–Kier alpha value is -1.59. The average molecular weight is 278 g/mol. The van der Waals surface area contributed by atoms with Gasteiger partial charge in [0.15, 0.2) is 0 Å². The average Bonchev–Trinajstić information content (AvgIpc) is 2.45. The van der Waals surface area contributed by atoms with Crippen molar-refractivity contribution in [3.8, 4) is 5.75 Å². The number of carbonyl (C=O) groups is 1. The molecule has 5 nitrogen and oxygen atoms in total. The monoisotopic (exact) mass is 278 g/mol. The van der Waals surface area contributed by atoms with Crippen LogP contribution >= 0.6 is 0 Å². The molecule has 0 radical (unpaired) electrons. The van der Waals surface area contributed by atoms with Gasteiger partial charge in [-0.15, -0.1) is 0 Å². The lowest BCUT2D eigenvalue weighted by Gasteiger charge is -2.32. The maximum Gasteiger partial charge on any atom is 0.257 e. The number of ether oxygens (including phenoxy) is 1. The van der Waals surface area contributed by atoms with E-state index in [4.69, 9.17) is 10.5 Å². The Bertz CT molecular complexity index is 468. The molecule has 3 N–H and O–H groups in total. The van der Waals surface area contributed by atoms with Crippen molar-refractivity contribution in [3.05, 3.63) is 29.3 Å². The van der Waals surface area contributed by atoms with E-state index >= 15 is 0 Å². The lowest BCUT2D eigenvalue weighted by atomic mass is 10.0. The minimum atomic E-state index is -0.111. The Morgan fingerprint density at radius 3 is 2.75 bits per heavy atom. The van der Waals surface area contributed by atoms with Crippen molar-refractivity contribution < 1.29 is 14.6 Å². The first kappa shape index (κ1) is 14.8. The molecule has 0 aromatic heterocycles. The first-order chi connectivity index (χ1) is 9.61. The predicted octanol–water partition coefficient (Wildman–Crippen LogP) is 1.28. The summed E-state index contributed by atoms with van der Waals surface area (Å²) < 4.78 is 5.59. The zero-order valence-electron chi connectivity index (χ0n) is 11.8. The summed E-state index contributed by atoms with van der Waals surface area (Å²) in [6.07, 6.45) is 1.82. The fraction of sp³-hybridized carbons (Fsp3) is 0.533. The van der Waals surface area contributed by atoms with E-state index in [1.807, 2.05) is 13.0 Å². The van der Waals surface area contributed by atoms with Crippen LogP contribution in [0.2, 0.25) is 0 Å². The van der Waals surface area contributed by atoms with Crippen molar-refractivity contribution in [2.75, 3.05) is 26.2 Å². The highest BCUT2D eigenvalue weighted by molar-refractivity contribution is 5.97. The molecule has 1 aliphatic heterocycles. The van der Waals surface area contributed by atoms with Crippen LogP contribution in [0.1, 0.15) is 28.8 Å². The molecule has 1 aromatic carbocycles. The quantitative estimate of drug-likeness (QED) is 0.870. The number of phenolic OH excluding ortho intramolecular Hbond substituents is 1. The van der Waals surface area contributed by atoms with E-state index < -0.39 is 0 Å². The number of carbonyl (C=O) groups excluding carboxylic acids is 1. The summed E-state index contributed by atoms with van der Waals surface area (Å²) in [7, 11) is 0. The van der Waals surface area contributed by atoms with E-state index in [-0.39, 0.29) is 17.8 Å². The number of aryl methyl sites for hydroxylation is 1. The lowest BCUT2D eigenvalue weighted by Crippen LogP contribution is -2.41. The van der Waals surface area contributed by atoms with E-state index in [0.717, 1.165) is 18.4 Å². The summed E-state index contributed by atoms with van der Waals surface area (Å²) in [6, 6.07) is 5.14. The van der Waals surface area contributed by atoms with Gasteiger partial charge in [0.1, 0.15) is 5.75 Å².